The standard InChI is InChI=1S/C9H10BrNO2S/c1-9(13)4-11(5-9)8(12)7-6(10)2-3-14-7/h2-3,13H,4-5H2,1H3. The average Bonchev–Trinajstić information content (AvgIpc) is 2.45. The largest absolute Gasteiger partial charge is 0.386 e. The molecule has 1 aromatic rings. The lowest BCUT2D eigenvalue weighted by molar-refractivity contribution is -0.0667. The molecule has 0 unspecified atom stereocenters. The predicted octanol–water partition coefficient (Wildman–Crippen LogP) is 1.72. The van der Waals surface area contributed by atoms with Gasteiger partial charge in [-0.15, -0.1) is 11.3 Å². The summed E-state index contributed by atoms with van der Waals surface area (Å²) in [6.07, 6.45) is 0. The van der Waals surface area contributed by atoms with Crippen molar-refractivity contribution in [1.29, 1.82) is 0 Å². The van der Waals surface area contributed by atoms with Gasteiger partial charge in [-0.2, -0.15) is 0 Å². The fourth-order valence-corrected chi connectivity index (χ4v) is 3.02. The molecule has 3 nitrogen and oxygen atoms in total. The van der Waals surface area contributed by atoms with E-state index in [9.17, 15) is 9.90 Å². The second-order valence-electron chi connectivity index (χ2n) is 3.76. The van der Waals surface area contributed by atoms with Crippen LogP contribution in [0.15, 0.2) is 15.9 Å². The van der Waals surface area contributed by atoms with Crippen molar-refractivity contribution in [2.45, 2.75) is 12.5 Å². The van der Waals surface area contributed by atoms with E-state index in [4.69, 9.17) is 0 Å². The van der Waals surface area contributed by atoms with Crippen molar-refractivity contribution < 1.29 is 9.90 Å². The van der Waals surface area contributed by atoms with Gasteiger partial charge < -0.3 is 10.0 Å². The van der Waals surface area contributed by atoms with Crippen LogP contribution in [0.25, 0.3) is 0 Å². The molecule has 76 valence electrons. The molecule has 0 aliphatic carbocycles. The van der Waals surface area contributed by atoms with Crippen LogP contribution in [0.5, 0.6) is 0 Å². The Hall–Kier alpha value is -0.390. The molecule has 0 atom stereocenters. The molecule has 1 amide bonds. The Kier molecular flexibility index (Phi) is 2.41. The van der Waals surface area contributed by atoms with Gasteiger partial charge >= 0.3 is 0 Å². The maximum absolute atomic E-state index is 11.8. The smallest absolute Gasteiger partial charge is 0.265 e. The number of amides is 1. The maximum atomic E-state index is 11.8. The second kappa shape index (κ2) is 3.32. The van der Waals surface area contributed by atoms with E-state index in [0.717, 1.165) is 4.47 Å². The highest BCUT2D eigenvalue weighted by Crippen LogP contribution is 2.28. The first kappa shape index (κ1) is 10.1. The Morgan fingerprint density at radius 1 is 1.71 bits per heavy atom. The summed E-state index contributed by atoms with van der Waals surface area (Å²) in [4.78, 5) is 14.2. The third-order valence-electron chi connectivity index (χ3n) is 2.16. The predicted molar refractivity (Wildman–Crippen MR) is 58.5 cm³/mol. The number of likely N-dealkylation sites (tertiary alicyclic amines) is 1. The van der Waals surface area contributed by atoms with Gasteiger partial charge in [-0.05, 0) is 34.3 Å². The van der Waals surface area contributed by atoms with Crippen LogP contribution in [0.3, 0.4) is 0 Å². The van der Waals surface area contributed by atoms with Crippen molar-refractivity contribution in [3.05, 3.63) is 20.8 Å². The van der Waals surface area contributed by atoms with Gasteiger partial charge in [-0.3, -0.25) is 4.79 Å². The van der Waals surface area contributed by atoms with Gasteiger partial charge in [0.1, 0.15) is 4.88 Å². The summed E-state index contributed by atoms with van der Waals surface area (Å²) in [5.74, 6) is -0.00148. The van der Waals surface area contributed by atoms with E-state index in [2.05, 4.69) is 15.9 Å². The van der Waals surface area contributed by atoms with Crippen molar-refractivity contribution in [2.75, 3.05) is 13.1 Å². The summed E-state index contributed by atoms with van der Waals surface area (Å²) in [5.41, 5.74) is -0.695. The number of nitrogens with zero attached hydrogens (tertiary/aromatic N) is 1. The van der Waals surface area contributed by atoms with Gasteiger partial charge in [0.05, 0.1) is 18.7 Å². The molecular weight excluding hydrogens is 266 g/mol. The molecule has 1 fully saturated rings. The lowest BCUT2D eigenvalue weighted by Gasteiger charge is -2.43. The Morgan fingerprint density at radius 3 is 2.79 bits per heavy atom. The number of carbonyl (C=O) groups excluding carboxylic acids is 1. The SMILES string of the molecule is CC1(O)CN(C(=O)c2sccc2Br)C1. The molecule has 0 saturated carbocycles. The topological polar surface area (TPSA) is 40.5 Å². The molecule has 1 aliphatic heterocycles. The fourth-order valence-electron chi connectivity index (χ4n) is 1.51. The number of aliphatic hydroxyl groups is 1. The second-order valence-corrected chi connectivity index (χ2v) is 5.53. The van der Waals surface area contributed by atoms with E-state index >= 15 is 0 Å². The van der Waals surface area contributed by atoms with Gasteiger partial charge in [0.15, 0.2) is 0 Å². The quantitative estimate of drug-likeness (QED) is 0.848. The first-order chi connectivity index (χ1) is 6.49. The molecule has 0 spiro atoms. The highest BCUT2D eigenvalue weighted by atomic mass is 79.9. The summed E-state index contributed by atoms with van der Waals surface area (Å²) in [6, 6.07) is 1.86. The molecule has 1 N–H and O–H groups in total. The molecule has 0 bridgehead atoms. The summed E-state index contributed by atoms with van der Waals surface area (Å²) in [5, 5.41) is 11.4. The maximum Gasteiger partial charge on any atom is 0.265 e. The number of hydrogen-bond donors (Lipinski definition) is 1. The molecule has 2 rings (SSSR count). The monoisotopic (exact) mass is 275 g/mol. The molecule has 0 radical (unpaired) electrons. The van der Waals surface area contributed by atoms with E-state index in [1.54, 1.807) is 11.8 Å². The van der Waals surface area contributed by atoms with Crippen LogP contribution in [0, 0.1) is 0 Å². The van der Waals surface area contributed by atoms with Gasteiger partial charge in [0.25, 0.3) is 5.91 Å². The molecule has 2 heterocycles. The zero-order valence-corrected chi connectivity index (χ0v) is 10.1. The van der Waals surface area contributed by atoms with E-state index < -0.39 is 5.60 Å². The Balaban J connectivity index is 2.08. The van der Waals surface area contributed by atoms with Crippen LogP contribution in [0.2, 0.25) is 0 Å². The Bertz CT molecular complexity index is 367. The van der Waals surface area contributed by atoms with Crippen molar-refractivity contribution >= 4 is 33.2 Å². The van der Waals surface area contributed by atoms with Crippen molar-refractivity contribution in [2.24, 2.45) is 0 Å². The minimum Gasteiger partial charge on any atom is -0.386 e. The zero-order valence-electron chi connectivity index (χ0n) is 7.66. The van der Waals surface area contributed by atoms with Crippen LogP contribution in [-0.4, -0.2) is 34.6 Å². The summed E-state index contributed by atoms with van der Waals surface area (Å²) >= 11 is 4.73. The molecule has 1 saturated heterocycles. The van der Waals surface area contributed by atoms with E-state index in [1.807, 2.05) is 11.4 Å². The molecule has 0 aromatic carbocycles. The van der Waals surface area contributed by atoms with Crippen LogP contribution in [0.4, 0.5) is 0 Å². The van der Waals surface area contributed by atoms with Gasteiger partial charge in [0, 0.05) is 4.47 Å². The number of thiophene rings is 1. The number of halogens is 1. The van der Waals surface area contributed by atoms with E-state index in [1.165, 1.54) is 11.3 Å². The number of β-amino-alcohol motifs (C(OH)–C–C–N with tert-alkyl or cyclic N) is 1. The van der Waals surface area contributed by atoms with E-state index in [0.29, 0.717) is 18.0 Å². The normalized spacial score (nSPS) is 19.2. The van der Waals surface area contributed by atoms with Gasteiger partial charge in [-0.1, -0.05) is 0 Å². The molecule has 1 aliphatic rings. The van der Waals surface area contributed by atoms with Crippen molar-refractivity contribution in [3.8, 4) is 0 Å². The summed E-state index contributed by atoms with van der Waals surface area (Å²) in [7, 11) is 0. The highest BCUT2D eigenvalue weighted by Gasteiger charge is 2.40. The molecular formula is C9H10BrNO2S. The summed E-state index contributed by atoms with van der Waals surface area (Å²) < 4.78 is 0.832. The minimum absolute atomic E-state index is 0.00148. The van der Waals surface area contributed by atoms with E-state index in [-0.39, 0.29) is 5.91 Å². The minimum atomic E-state index is -0.695. The molecule has 1 aromatic heterocycles. The number of hydrogen-bond acceptors (Lipinski definition) is 3. The molecule has 14 heavy (non-hydrogen) atoms. The van der Waals surface area contributed by atoms with Crippen LogP contribution in [-0.2, 0) is 0 Å². The van der Waals surface area contributed by atoms with Gasteiger partial charge in [0.2, 0.25) is 0 Å². The van der Waals surface area contributed by atoms with Crippen molar-refractivity contribution in [1.82, 2.24) is 4.90 Å². The lowest BCUT2D eigenvalue weighted by atomic mass is 9.97. The number of rotatable bonds is 1. The zero-order chi connectivity index (χ0) is 10.3. The Labute approximate surface area is 94.5 Å². The highest BCUT2D eigenvalue weighted by molar-refractivity contribution is 9.10. The Morgan fingerprint density at radius 2 is 2.36 bits per heavy atom. The molecule has 5 heteroatoms. The summed E-state index contributed by atoms with van der Waals surface area (Å²) in [6.45, 7) is 2.59. The van der Waals surface area contributed by atoms with Crippen LogP contribution < -0.4 is 0 Å². The third kappa shape index (κ3) is 1.71. The number of carbonyl (C=O) groups is 1. The van der Waals surface area contributed by atoms with Crippen molar-refractivity contribution in [3.63, 3.8) is 0 Å². The first-order valence-corrected chi connectivity index (χ1v) is 5.91. The van der Waals surface area contributed by atoms with Crippen LogP contribution in [0.1, 0.15) is 16.6 Å². The van der Waals surface area contributed by atoms with Gasteiger partial charge in [-0.25, -0.2) is 0 Å². The fraction of sp³-hybridized carbons (Fsp3) is 0.444. The average molecular weight is 276 g/mol. The third-order valence-corrected chi connectivity index (χ3v) is 3.99. The first-order valence-electron chi connectivity index (χ1n) is 4.24. The van der Waals surface area contributed by atoms with Crippen LogP contribution >= 0.6 is 27.3 Å². The lowest BCUT2D eigenvalue weighted by Crippen LogP contribution is -2.61.